The van der Waals surface area contributed by atoms with E-state index in [0.29, 0.717) is 0 Å². The fourth-order valence-electron chi connectivity index (χ4n) is 2.34. The van der Waals surface area contributed by atoms with E-state index in [1.165, 1.54) is 0 Å². The predicted molar refractivity (Wildman–Crippen MR) is 75.1 cm³/mol. The largest absolute Gasteiger partial charge is 0.459 e. The number of fused-ring (bicyclic) bond motifs is 1. The van der Waals surface area contributed by atoms with Crippen LogP contribution in [0.4, 0.5) is 0 Å². The maximum atomic E-state index is 9.34. The summed E-state index contributed by atoms with van der Waals surface area (Å²) in [6.07, 6.45) is 0. The quantitative estimate of drug-likeness (QED) is 0.773. The number of aryl methyl sites for hydroxylation is 1. The second-order valence-corrected chi connectivity index (χ2v) is 5.33. The highest BCUT2D eigenvalue weighted by atomic mass is 16.3. The van der Waals surface area contributed by atoms with Gasteiger partial charge in [-0.1, -0.05) is 18.2 Å². The van der Waals surface area contributed by atoms with Gasteiger partial charge in [0.2, 0.25) is 0 Å². The van der Waals surface area contributed by atoms with Gasteiger partial charge in [-0.15, -0.1) is 0 Å². The summed E-state index contributed by atoms with van der Waals surface area (Å²) < 4.78 is 5.87. The van der Waals surface area contributed by atoms with Gasteiger partial charge in [-0.25, -0.2) is 0 Å². The summed E-state index contributed by atoms with van der Waals surface area (Å²) in [6, 6.07) is 7.81. The lowest BCUT2D eigenvalue weighted by Crippen LogP contribution is -2.49. The van der Waals surface area contributed by atoms with E-state index in [9.17, 15) is 10.2 Å². The molecule has 4 nitrogen and oxygen atoms in total. The molecule has 0 saturated heterocycles. The normalized spacial score (nSPS) is 13.9. The van der Waals surface area contributed by atoms with Crippen LogP contribution in [0.5, 0.6) is 0 Å². The maximum absolute atomic E-state index is 9.34. The maximum Gasteiger partial charge on any atom is 0.134 e. The van der Waals surface area contributed by atoms with Gasteiger partial charge in [0.25, 0.3) is 0 Å². The summed E-state index contributed by atoms with van der Waals surface area (Å²) in [6.45, 7) is 5.50. The van der Waals surface area contributed by atoms with Gasteiger partial charge in [0.05, 0.1) is 24.8 Å². The van der Waals surface area contributed by atoms with E-state index >= 15 is 0 Å². The Bertz CT molecular complexity index is 558. The molecule has 4 heteroatoms. The summed E-state index contributed by atoms with van der Waals surface area (Å²) in [4.78, 5) is 0. The predicted octanol–water partition coefficient (Wildman–Crippen LogP) is 2.14. The minimum atomic E-state index is -0.717. The van der Waals surface area contributed by atoms with Crippen LogP contribution in [0.2, 0.25) is 0 Å². The van der Waals surface area contributed by atoms with Crippen LogP contribution in [0.15, 0.2) is 28.7 Å². The van der Waals surface area contributed by atoms with E-state index in [1.807, 2.05) is 38.1 Å². The third-order valence-electron chi connectivity index (χ3n) is 3.54. The molecule has 0 saturated carbocycles. The topological polar surface area (TPSA) is 65.6 Å². The van der Waals surface area contributed by atoms with Crippen molar-refractivity contribution in [3.05, 3.63) is 35.6 Å². The first-order chi connectivity index (χ1) is 9.00. The Balaban J connectivity index is 2.31. The van der Waals surface area contributed by atoms with E-state index in [1.54, 1.807) is 6.92 Å². The lowest BCUT2D eigenvalue weighted by atomic mass is 10.0. The molecular formula is C15H21NO3. The third kappa shape index (κ3) is 2.66. The molecule has 1 aromatic heterocycles. The van der Waals surface area contributed by atoms with Crippen LogP contribution in [0, 0.1) is 6.92 Å². The molecule has 0 aliphatic rings. The molecule has 0 aliphatic heterocycles. The molecule has 0 fully saturated rings. The first-order valence-corrected chi connectivity index (χ1v) is 6.48. The Hall–Kier alpha value is -1.36. The van der Waals surface area contributed by atoms with Crippen LogP contribution in [0.1, 0.15) is 31.2 Å². The van der Waals surface area contributed by atoms with Gasteiger partial charge < -0.3 is 14.6 Å². The van der Waals surface area contributed by atoms with Gasteiger partial charge in [-0.05, 0) is 32.4 Å². The zero-order chi connectivity index (χ0) is 14.0. The Morgan fingerprint density at radius 1 is 1.26 bits per heavy atom. The van der Waals surface area contributed by atoms with Crippen LogP contribution >= 0.6 is 0 Å². The molecular weight excluding hydrogens is 242 g/mol. The molecule has 19 heavy (non-hydrogen) atoms. The van der Waals surface area contributed by atoms with Gasteiger partial charge in [0, 0.05) is 5.39 Å². The Morgan fingerprint density at radius 2 is 1.89 bits per heavy atom. The summed E-state index contributed by atoms with van der Waals surface area (Å²) in [5, 5.41) is 23.0. The Labute approximate surface area is 113 Å². The SMILES string of the molecule is Cc1c(C(C)NC(C)(CO)CO)oc2ccccc12. The third-order valence-corrected chi connectivity index (χ3v) is 3.54. The van der Waals surface area contributed by atoms with Gasteiger partial charge in [0.1, 0.15) is 11.3 Å². The Morgan fingerprint density at radius 3 is 2.47 bits per heavy atom. The summed E-state index contributed by atoms with van der Waals surface area (Å²) in [7, 11) is 0. The Kier molecular flexibility index (Phi) is 3.94. The molecule has 0 amide bonds. The van der Waals surface area contributed by atoms with E-state index in [2.05, 4.69) is 5.32 Å². The zero-order valence-electron chi connectivity index (χ0n) is 11.6. The van der Waals surface area contributed by atoms with Crippen molar-refractivity contribution in [2.45, 2.75) is 32.4 Å². The number of benzene rings is 1. The first-order valence-electron chi connectivity index (χ1n) is 6.48. The second kappa shape index (κ2) is 5.33. The van der Waals surface area contributed by atoms with Gasteiger partial charge in [0.15, 0.2) is 0 Å². The van der Waals surface area contributed by atoms with E-state index < -0.39 is 5.54 Å². The number of aliphatic hydroxyl groups excluding tert-OH is 2. The molecule has 2 aromatic rings. The molecule has 1 heterocycles. The van der Waals surface area contributed by atoms with Gasteiger partial charge in [-0.2, -0.15) is 0 Å². The summed E-state index contributed by atoms with van der Waals surface area (Å²) in [5.41, 5.74) is 1.23. The number of rotatable bonds is 5. The van der Waals surface area contributed by atoms with Crippen molar-refractivity contribution in [2.24, 2.45) is 0 Å². The molecule has 3 N–H and O–H groups in total. The minimum absolute atomic E-state index is 0.0864. The number of furan rings is 1. The molecule has 1 aromatic carbocycles. The van der Waals surface area contributed by atoms with E-state index in [4.69, 9.17) is 4.42 Å². The van der Waals surface area contributed by atoms with Gasteiger partial charge in [-0.3, -0.25) is 5.32 Å². The van der Waals surface area contributed by atoms with Crippen LogP contribution in [0.3, 0.4) is 0 Å². The van der Waals surface area contributed by atoms with E-state index in [-0.39, 0.29) is 19.3 Å². The standard InChI is InChI=1S/C15H21NO3/c1-10-12-6-4-5-7-13(12)19-14(10)11(2)16-15(3,8-17)9-18/h4-7,11,16-18H,8-9H2,1-3H3. The van der Waals surface area contributed by atoms with Crippen molar-refractivity contribution >= 4 is 11.0 Å². The average molecular weight is 263 g/mol. The zero-order valence-corrected chi connectivity index (χ0v) is 11.6. The number of hydrogen-bond donors (Lipinski definition) is 3. The molecule has 2 rings (SSSR count). The van der Waals surface area contributed by atoms with Crippen LogP contribution in [-0.2, 0) is 0 Å². The molecule has 0 spiro atoms. The fraction of sp³-hybridized carbons (Fsp3) is 0.467. The van der Waals surface area contributed by atoms with Crippen molar-refractivity contribution in [3.8, 4) is 0 Å². The van der Waals surface area contributed by atoms with Crippen LogP contribution in [-0.4, -0.2) is 29.0 Å². The van der Waals surface area contributed by atoms with Crippen LogP contribution in [0.25, 0.3) is 11.0 Å². The molecule has 0 radical (unpaired) electrons. The molecule has 1 atom stereocenters. The highest BCUT2D eigenvalue weighted by Gasteiger charge is 2.27. The summed E-state index contributed by atoms with van der Waals surface area (Å²) >= 11 is 0. The number of nitrogens with one attached hydrogen (secondary N) is 1. The lowest BCUT2D eigenvalue weighted by Gasteiger charge is -2.29. The molecule has 0 bridgehead atoms. The number of hydrogen-bond acceptors (Lipinski definition) is 4. The molecule has 104 valence electrons. The number of para-hydroxylation sites is 1. The fourth-order valence-corrected chi connectivity index (χ4v) is 2.34. The molecule has 0 aliphatic carbocycles. The van der Waals surface area contributed by atoms with Crippen molar-refractivity contribution in [3.63, 3.8) is 0 Å². The van der Waals surface area contributed by atoms with Crippen LogP contribution < -0.4 is 5.32 Å². The summed E-state index contributed by atoms with van der Waals surface area (Å²) in [5.74, 6) is 0.842. The average Bonchev–Trinajstić information content (AvgIpc) is 2.76. The monoisotopic (exact) mass is 263 g/mol. The van der Waals surface area contributed by atoms with Crippen molar-refractivity contribution in [2.75, 3.05) is 13.2 Å². The van der Waals surface area contributed by atoms with Crippen molar-refractivity contribution in [1.29, 1.82) is 0 Å². The minimum Gasteiger partial charge on any atom is -0.459 e. The van der Waals surface area contributed by atoms with Crippen molar-refractivity contribution < 1.29 is 14.6 Å². The lowest BCUT2D eigenvalue weighted by molar-refractivity contribution is 0.0933. The highest BCUT2D eigenvalue weighted by molar-refractivity contribution is 5.82. The second-order valence-electron chi connectivity index (χ2n) is 5.33. The van der Waals surface area contributed by atoms with Gasteiger partial charge >= 0.3 is 0 Å². The highest BCUT2D eigenvalue weighted by Crippen LogP contribution is 2.30. The van der Waals surface area contributed by atoms with Crippen molar-refractivity contribution in [1.82, 2.24) is 5.32 Å². The first kappa shape index (κ1) is 14.1. The number of aliphatic hydroxyl groups is 2. The molecule has 1 unspecified atom stereocenters. The smallest absolute Gasteiger partial charge is 0.134 e. The van der Waals surface area contributed by atoms with E-state index in [0.717, 1.165) is 22.3 Å².